The second kappa shape index (κ2) is 6.30. The van der Waals surface area contributed by atoms with E-state index < -0.39 is 0 Å². The van der Waals surface area contributed by atoms with E-state index in [1.165, 1.54) is 0 Å². The minimum Gasteiger partial charge on any atom is -0.496 e. The van der Waals surface area contributed by atoms with Crippen LogP contribution in [0.4, 0.5) is 5.82 Å². The SMILES string of the molecule is CCc1cc(NC(=O)c2cc(OC)c(C)c(OC)c2)n[nH]1. The minimum absolute atomic E-state index is 0.263. The molecule has 1 amide bonds. The first-order chi connectivity index (χ1) is 10.1. The highest BCUT2D eigenvalue weighted by atomic mass is 16.5. The van der Waals surface area contributed by atoms with Gasteiger partial charge in [-0.15, -0.1) is 0 Å². The Morgan fingerprint density at radius 2 is 1.86 bits per heavy atom. The summed E-state index contributed by atoms with van der Waals surface area (Å²) in [5.41, 5.74) is 2.27. The number of benzene rings is 1. The van der Waals surface area contributed by atoms with Crippen LogP contribution in [0.2, 0.25) is 0 Å². The molecule has 0 saturated carbocycles. The number of nitrogens with zero attached hydrogens (tertiary/aromatic N) is 1. The molecule has 112 valence electrons. The van der Waals surface area contributed by atoms with E-state index >= 15 is 0 Å². The number of aromatic nitrogens is 2. The maximum Gasteiger partial charge on any atom is 0.257 e. The molecule has 0 aliphatic heterocycles. The third kappa shape index (κ3) is 3.16. The number of aryl methyl sites for hydroxylation is 1. The summed E-state index contributed by atoms with van der Waals surface area (Å²) in [6.07, 6.45) is 0.828. The quantitative estimate of drug-likeness (QED) is 0.887. The fourth-order valence-electron chi connectivity index (χ4n) is 2.01. The molecule has 1 heterocycles. The van der Waals surface area contributed by atoms with Crippen LogP contribution in [0.3, 0.4) is 0 Å². The van der Waals surface area contributed by atoms with Gasteiger partial charge in [-0.05, 0) is 25.5 Å². The first-order valence-electron chi connectivity index (χ1n) is 6.67. The fraction of sp³-hybridized carbons (Fsp3) is 0.333. The monoisotopic (exact) mass is 289 g/mol. The van der Waals surface area contributed by atoms with Crippen molar-refractivity contribution in [1.82, 2.24) is 10.2 Å². The fourth-order valence-corrected chi connectivity index (χ4v) is 2.01. The van der Waals surface area contributed by atoms with Crippen molar-refractivity contribution >= 4 is 11.7 Å². The normalized spacial score (nSPS) is 10.3. The van der Waals surface area contributed by atoms with Crippen LogP contribution in [0.25, 0.3) is 0 Å². The molecule has 2 N–H and O–H groups in total. The first kappa shape index (κ1) is 14.9. The van der Waals surface area contributed by atoms with Gasteiger partial charge in [-0.3, -0.25) is 9.89 Å². The van der Waals surface area contributed by atoms with Gasteiger partial charge in [0.05, 0.1) is 14.2 Å². The molecule has 0 bridgehead atoms. The molecule has 6 heteroatoms. The summed E-state index contributed by atoms with van der Waals surface area (Å²) in [6, 6.07) is 5.17. The number of ether oxygens (including phenoxy) is 2. The van der Waals surface area contributed by atoms with Gasteiger partial charge in [0.1, 0.15) is 11.5 Å². The van der Waals surface area contributed by atoms with Gasteiger partial charge >= 0.3 is 0 Å². The number of hydrogen-bond donors (Lipinski definition) is 2. The molecule has 0 aliphatic carbocycles. The van der Waals surface area contributed by atoms with Crippen LogP contribution in [0, 0.1) is 6.92 Å². The molecule has 0 radical (unpaired) electrons. The summed E-state index contributed by atoms with van der Waals surface area (Å²) >= 11 is 0. The third-order valence-electron chi connectivity index (χ3n) is 3.27. The first-order valence-corrected chi connectivity index (χ1v) is 6.67. The number of hydrogen-bond acceptors (Lipinski definition) is 4. The van der Waals surface area contributed by atoms with Gasteiger partial charge in [-0.25, -0.2) is 0 Å². The molecule has 6 nitrogen and oxygen atoms in total. The zero-order chi connectivity index (χ0) is 15.4. The smallest absolute Gasteiger partial charge is 0.257 e. The predicted octanol–water partition coefficient (Wildman–Crippen LogP) is 2.55. The summed E-state index contributed by atoms with van der Waals surface area (Å²) in [7, 11) is 3.12. The second-order valence-electron chi connectivity index (χ2n) is 4.59. The maximum absolute atomic E-state index is 12.3. The molecule has 1 aromatic carbocycles. The molecule has 2 aromatic rings. The van der Waals surface area contributed by atoms with Crippen molar-refractivity contribution in [2.45, 2.75) is 20.3 Å². The molecule has 0 fully saturated rings. The summed E-state index contributed by atoms with van der Waals surface area (Å²) in [4.78, 5) is 12.3. The van der Waals surface area contributed by atoms with Crippen LogP contribution in [0.15, 0.2) is 18.2 Å². The summed E-state index contributed by atoms with van der Waals surface area (Å²) in [5.74, 6) is 1.45. The predicted molar refractivity (Wildman–Crippen MR) is 80.2 cm³/mol. The Morgan fingerprint density at radius 1 is 1.24 bits per heavy atom. The van der Waals surface area contributed by atoms with Crippen LogP contribution < -0.4 is 14.8 Å². The Morgan fingerprint density at radius 3 is 2.33 bits per heavy atom. The van der Waals surface area contributed by atoms with Crippen LogP contribution in [-0.4, -0.2) is 30.3 Å². The van der Waals surface area contributed by atoms with E-state index in [0.717, 1.165) is 17.7 Å². The number of anilines is 1. The van der Waals surface area contributed by atoms with E-state index in [1.807, 2.05) is 13.8 Å². The molecule has 0 atom stereocenters. The van der Waals surface area contributed by atoms with E-state index in [-0.39, 0.29) is 5.91 Å². The Kier molecular flexibility index (Phi) is 4.47. The van der Waals surface area contributed by atoms with E-state index in [2.05, 4.69) is 15.5 Å². The molecule has 21 heavy (non-hydrogen) atoms. The van der Waals surface area contributed by atoms with Gasteiger partial charge < -0.3 is 14.8 Å². The van der Waals surface area contributed by atoms with E-state index in [1.54, 1.807) is 32.4 Å². The van der Waals surface area contributed by atoms with Crippen LogP contribution in [-0.2, 0) is 6.42 Å². The second-order valence-corrected chi connectivity index (χ2v) is 4.59. The van der Waals surface area contributed by atoms with Crippen molar-refractivity contribution in [3.8, 4) is 11.5 Å². The van der Waals surface area contributed by atoms with E-state index in [4.69, 9.17) is 9.47 Å². The Hall–Kier alpha value is -2.50. The summed E-state index contributed by atoms with van der Waals surface area (Å²) < 4.78 is 10.5. The topological polar surface area (TPSA) is 76.2 Å². The highest BCUT2D eigenvalue weighted by molar-refractivity contribution is 6.04. The lowest BCUT2D eigenvalue weighted by atomic mass is 10.1. The van der Waals surface area contributed by atoms with Crippen molar-refractivity contribution in [2.24, 2.45) is 0 Å². The van der Waals surface area contributed by atoms with E-state index in [9.17, 15) is 4.79 Å². The highest BCUT2D eigenvalue weighted by Gasteiger charge is 2.14. The zero-order valence-corrected chi connectivity index (χ0v) is 12.6. The van der Waals surface area contributed by atoms with Crippen molar-refractivity contribution in [3.63, 3.8) is 0 Å². The van der Waals surface area contributed by atoms with Crippen molar-refractivity contribution < 1.29 is 14.3 Å². The van der Waals surface area contributed by atoms with Gasteiger partial charge in [0, 0.05) is 22.9 Å². The number of carbonyl (C=O) groups is 1. The molecule has 0 aliphatic rings. The molecular weight excluding hydrogens is 270 g/mol. The number of methoxy groups -OCH3 is 2. The zero-order valence-electron chi connectivity index (χ0n) is 12.6. The lowest BCUT2D eigenvalue weighted by Gasteiger charge is -2.12. The van der Waals surface area contributed by atoms with Gasteiger partial charge in [-0.2, -0.15) is 5.10 Å². The standard InChI is InChI=1S/C15H19N3O3/c1-5-11-8-14(18-17-11)16-15(19)10-6-12(20-3)9(2)13(7-10)21-4/h6-8H,5H2,1-4H3,(H2,16,17,18,19). The minimum atomic E-state index is -0.263. The third-order valence-corrected chi connectivity index (χ3v) is 3.27. The summed E-state index contributed by atoms with van der Waals surface area (Å²) in [5, 5.41) is 9.63. The average molecular weight is 289 g/mol. The van der Waals surface area contributed by atoms with Crippen molar-refractivity contribution in [1.29, 1.82) is 0 Å². The van der Waals surface area contributed by atoms with Crippen LogP contribution in [0.1, 0.15) is 28.5 Å². The molecule has 0 unspecified atom stereocenters. The number of aromatic amines is 1. The molecule has 0 spiro atoms. The number of amides is 1. The Labute approximate surface area is 123 Å². The van der Waals surface area contributed by atoms with Crippen molar-refractivity contribution in [3.05, 3.63) is 35.0 Å². The Balaban J connectivity index is 2.26. The van der Waals surface area contributed by atoms with Gasteiger partial charge in [-0.1, -0.05) is 6.92 Å². The number of nitrogens with one attached hydrogen (secondary N) is 2. The number of H-pyrrole nitrogens is 1. The van der Waals surface area contributed by atoms with Crippen molar-refractivity contribution in [2.75, 3.05) is 19.5 Å². The van der Waals surface area contributed by atoms with Crippen LogP contribution in [0.5, 0.6) is 11.5 Å². The lowest BCUT2D eigenvalue weighted by molar-refractivity contribution is 0.102. The van der Waals surface area contributed by atoms with Gasteiger partial charge in [0.2, 0.25) is 0 Å². The number of rotatable bonds is 5. The molecule has 1 aromatic heterocycles. The highest BCUT2D eigenvalue weighted by Crippen LogP contribution is 2.29. The molecule has 2 rings (SSSR count). The average Bonchev–Trinajstić information content (AvgIpc) is 2.95. The van der Waals surface area contributed by atoms with Crippen LogP contribution >= 0.6 is 0 Å². The maximum atomic E-state index is 12.3. The Bertz CT molecular complexity index is 624. The molecule has 0 saturated heterocycles. The summed E-state index contributed by atoms with van der Waals surface area (Å²) in [6.45, 7) is 3.88. The van der Waals surface area contributed by atoms with E-state index in [0.29, 0.717) is 22.9 Å². The molecular formula is C15H19N3O3. The van der Waals surface area contributed by atoms with Gasteiger partial charge in [0.25, 0.3) is 5.91 Å². The number of carbonyl (C=O) groups excluding carboxylic acids is 1. The van der Waals surface area contributed by atoms with Gasteiger partial charge in [0.15, 0.2) is 5.82 Å². The largest absolute Gasteiger partial charge is 0.496 e. The lowest BCUT2D eigenvalue weighted by Crippen LogP contribution is -2.13.